The Morgan fingerprint density at radius 3 is 2.70 bits per heavy atom. The first-order valence-electron chi connectivity index (χ1n) is 7.79. The maximum atomic E-state index is 12.8. The molecule has 1 atom stereocenters. The minimum atomic E-state index is -3.31. The van der Waals surface area contributed by atoms with Gasteiger partial charge in [0.1, 0.15) is 11.9 Å². The first kappa shape index (κ1) is 16.2. The Kier molecular flexibility index (Phi) is 4.80. The summed E-state index contributed by atoms with van der Waals surface area (Å²) in [5.74, 6) is 0.728. The van der Waals surface area contributed by atoms with Gasteiger partial charge in [0.05, 0.1) is 24.0 Å². The fraction of sp³-hybridized carbons (Fsp3) is 0.600. The highest BCUT2D eigenvalue weighted by Gasteiger charge is 2.36. The molecule has 2 aliphatic rings. The van der Waals surface area contributed by atoms with E-state index in [0.29, 0.717) is 44.8 Å². The summed E-state index contributed by atoms with van der Waals surface area (Å²) < 4.78 is 32.4. The van der Waals surface area contributed by atoms with E-state index in [1.807, 2.05) is 11.0 Å². The number of rotatable bonds is 3. The third kappa shape index (κ3) is 3.47. The fourth-order valence-electron chi connectivity index (χ4n) is 3.04. The van der Waals surface area contributed by atoms with Gasteiger partial charge in [-0.2, -0.15) is 9.57 Å². The van der Waals surface area contributed by atoms with Crippen molar-refractivity contribution in [1.29, 1.82) is 5.26 Å². The minimum Gasteiger partial charge on any atom is -0.379 e. The SMILES string of the molecule is N#Cc1ccc(N2CCC[C@H](S(=O)(=O)N3CCOCC3)C2)nc1. The zero-order chi connectivity index (χ0) is 16.3. The lowest BCUT2D eigenvalue weighted by Gasteiger charge is -2.36. The van der Waals surface area contributed by atoms with Gasteiger partial charge in [0.25, 0.3) is 0 Å². The van der Waals surface area contributed by atoms with Crippen molar-refractivity contribution >= 4 is 15.8 Å². The van der Waals surface area contributed by atoms with Crippen LogP contribution >= 0.6 is 0 Å². The van der Waals surface area contributed by atoms with Crippen LogP contribution in [-0.4, -0.2) is 62.3 Å². The lowest BCUT2D eigenvalue weighted by atomic mass is 10.1. The van der Waals surface area contributed by atoms with E-state index < -0.39 is 15.3 Å². The molecule has 0 spiro atoms. The van der Waals surface area contributed by atoms with Gasteiger partial charge in [-0.25, -0.2) is 13.4 Å². The summed E-state index contributed by atoms with van der Waals surface area (Å²) in [5, 5.41) is 8.42. The number of piperidine rings is 1. The molecule has 23 heavy (non-hydrogen) atoms. The second-order valence-corrected chi connectivity index (χ2v) is 8.00. The van der Waals surface area contributed by atoms with Crippen molar-refractivity contribution in [2.45, 2.75) is 18.1 Å². The first-order valence-corrected chi connectivity index (χ1v) is 9.29. The Hall–Kier alpha value is -1.69. The van der Waals surface area contributed by atoms with Crippen LogP contribution in [0.25, 0.3) is 0 Å². The number of nitriles is 1. The molecule has 0 saturated carbocycles. The van der Waals surface area contributed by atoms with E-state index in [-0.39, 0.29) is 0 Å². The number of hydrogen-bond donors (Lipinski definition) is 0. The molecule has 124 valence electrons. The molecule has 0 aliphatic carbocycles. The number of anilines is 1. The predicted octanol–water partition coefficient (Wildman–Crippen LogP) is 0.584. The van der Waals surface area contributed by atoms with Gasteiger partial charge in [-0.1, -0.05) is 0 Å². The monoisotopic (exact) mass is 336 g/mol. The number of sulfonamides is 1. The molecular weight excluding hydrogens is 316 g/mol. The summed E-state index contributed by atoms with van der Waals surface area (Å²) in [5.41, 5.74) is 0.503. The average Bonchev–Trinajstić information content (AvgIpc) is 2.62. The van der Waals surface area contributed by atoms with Crippen molar-refractivity contribution < 1.29 is 13.2 Å². The van der Waals surface area contributed by atoms with E-state index in [0.717, 1.165) is 18.8 Å². The maximum Gasteiger partial charge on any atom is 0.218 e. The van der Waals surface area contributed by atoms with Gasteiger partial charge in [0, 0.05) is 32.4 Å². The first-order chi connectivity index (χ1) is 11.1. The molecule has 3 rings (SSSR count). The fourth-order valence-corrected chi connectivity index (χ4v) is 4.95. The molecule has 1 aromatic rings. The maximum absolute atomic E-state index is 12.8. The zero-order valence-corrected chi connectivity index (χ0v) is 13.7. The molecular formula is C15H20N4O3S. The second-order valence-electron chi connectivity index (χ2n) is 5.78. The van der Waals surface area contributed by atoms with Gasteiger partial charge in [-0.3, -0.25) is 0 Å². The van der Waals surface area contributed by atoms with E-state index in [4.69, 9.17) is 10.00 Å². The summed E-state index contributed by atoms with van der Waals surface area (Å²) in [6.45, 7) is 3.04. The lowest BCUT2D eigenvalue weighted by molar-refractivity contribution is 0.0725. The van der Waals surface area contributed by atoms with Gasteiger partial charge >= 0.3 is 0 Å². The zero-order valence-electron chi connectivity index (χ0n) is 12.9. The summed E-state index contributed by atoms with van der Waals surface area (Å²) in [6, 6.07) is 5.53. The van der Waals surface area contributed by atoms with Crippen LogP contribution in [0.5, 0.6) is 0 Å². The summed E-state index contributed by atoms with van der Waals surface area (Å²) >= 11 is 0. The van der Waals surface area contributed by atoms with Crippen molar-refractivity contribution in [2.24, 2.45) is 0 Å². The Labute approximate surface area is 136 Å². The number of morpholine rings is 1. The van der Waals surface area contributed by atoms with Crippen LogP contribution in [0.4, 0.5) is 5.82 Å². The molecule has 2 fully saturated rings. The highest BCUT2D eigenvalue weighted by Crippen LogP contribution is 2.24. The third-order valence-corrected chi connectivity index (χ3v) is 6.64. The van der Waals surface area contributed by atoms with Crippen LogP contribution in [0.2, 0.25) is 0 Å². The van der Waals surface area contributed by atoms with Crippen LogP contribution in [-0.2, 0) is 14.8 Å². The normalized spacial score (nSPS) is 23.4. The van der Waals surface area contributed by atoms with Crippen LogP contribution in [0.3, 0.4) is 0 Å². The molecule has 7 nitrogen and oxygen atoms in total. The molecule has 0 aromatic carbocycles. The molecule has 8 heteroatoms. The van der Waals surface area contributed by atoms with Crippen LogP contribution in [0.15, 0.2) is 18.3 Å². The number of hydrogen-bond acceptors (Lipinski definition) is 6. The number of nitrogens with zero attached hydrogens (tertiary/aromatic N) is 4. The Bertz CT molecular complexity index is 678. The average molecular weight is 336 g/mol. The van der Waals surface area contributed by atoms with Gasteiger partial charge in [-0.05, 0) is 25.0 Å². The predicted molar refractivity (Wildman–Crippen MR) is 85.5 cm³/mol. The highest BCUT2D eigenvalue weighted by atomic mass is 32.2. The van der Waals surface area contributed by atoms with Crippen molar-refractivity contribution in [3.05, 3.63) is 23.9 Å². The number of pyridine rings is 1. The van der Waals surface area contributed by atoms with E-state index in [1.54, 1.807) is 16.4 Å². The summed E-state index contributed by atoms with van der Waals surface area (Å²) in [7, 11) is -3.31. The lowest BCUT2D eigenvalue weighted by Crippen LogP contribution is -2.51. The molecule has 2 aliphatic heterocycles. The molecule has 0 amide bonds. The van der Waals surface area contributed by atoms with Gasteiger partial charge in [0.2, 0.25) is 10.0 Å². The summed E-state index contributed by atoms with van der Waals surface area (Å²) in [4.78, 5) is 6.27. The summed E-state index contributed by atoms with van der Waals surface area (Å²) in [6.07, 6.45) is 3.01. The molecule has 2 saturated heterocycles. The number of aromatic nitrogens is 1. The standard InChI is InChI=1S/C15H20N4O3S/c16-10-13-3-4-15(17-11-13)18-5-1-2-14(12-18)23(20,21)19-6-8-22-9-7-19/h3-4,11,14H,1-2,5-9,12H2/t14-/m0/s1. The van der Waals surface area contributed by atoms with Crippen LogP contribution in [0, 0.1) is 11.3 Å². The minimum absolute atomic E-state index is 0.410. The Balaban J connectivity index is 1.73. The molecule has 1 aromatic heterocycles. The van der Waals surface area contributed by atoms with E-state index >= 15 is 0 Å². The Morgan fingerprint density at radius 1 is 1.26 bits per heavy atom. The third-order valence-electron chi connectivity index (χ3n) is 4.33. The quantitative estimate of drug-likeness (QED) is 0.803. The molecule has 3 heterocycles. The molecule has 0 radical (unpaired) electrons. The Morgan fingerprint density at radius 2 is 2.04 bits per heavy atom. The molecule has 0 unspecified atom stereocenters. The van der Waals surface area contributed by atoms with Gasteiger partial charge < -0.3 is 9.64 Å². The van der Waals surface area contributed by atoms with Gasteiger partial charge in [0.15, 0.2) is 0 Å². The van der Waals surface area contributed by atoms with Crippen LogP contribution in [0.1, 0.15) is 18.4 Å². The highest BCUT2D eigenvalue weighted by molar-refractivity contribution is 7.89. The van der Waals surface area contributed by atoms with Gasteiger partial charge in [-0.15, -0.1) is 0 Å². The molecule has 0 N–H and O–H groups in total. The van der Waals surface area contributed by atoms with Crippen molar-refractivity contribution in [3.63, 3.8) is 0 Å². The van der Waals surface area contributed by atoms with Crippen LogP contribution < -0.4 is 4.90 Å². The van der Waals surface area contributed by atoms with E-state index in [9.17, 15) is 8.42 Å². The molecule has 0 bridgehead atoms. The second kappa shape index (κ2) is 6.83. The van der Waals surface area contributed by atoms with Crippen molar-refractivity contribution in [1.82, 2.24) is 9.29 Å². The largest absolute Gasteiger partial charge is 0.379 e. The van der Waals surface area contributed by atoms with E-state index in [2.05, 4.69) is 4.98 Å². The van der Waals surface area contributed by atoms with E-state index in [1.165, 1.54) is 6.20 Å². The smallest absolute Gasteiger partial charge is 0.218 e. The van der Waals surface area contributed by atoms with Crippen molar-refractivity contribution in [3.8, 4) is 6.07 Å². The number of ether oxygens (including phenoxy) is 1. The topological polar surface area (TPSA) is 86.5 Å². The van der Waals surface area contributed by atoms with Crippen molar-refractivity contribution in [2.75, 3.05) is 44.3 Å².